The number of nitrogens with zero attached hydrogens (tertiary/aromatic N) is 1. The fraction of sp³-hybridized carbons (Fsp3) is 0.310. The van der Waals surface area contributed by atoms with Gasteiger partial charge in [0.25, 0.3) is 0 Å². The Labute approximate surface area is 212 Å². The van der Waals surface area contributed by atoms with Crippen LogP contribution >= 0.6 is 11.8 Å². The second-order valence-electron chi connectivity index (χ2n) is 8.26. The van der Waals surface area contributed by atoms with Crippen molar-refractivity contribution in [2.24, 2.45) is 0 Å². The van der Waals surface area contributed by atoms with E-state index in [1.807, 2.05) is 79.7 Å². The van der Waals surface area contributed by atoms with Gasteiger partial charge in [-0.15, -0.1) is 0 Å². The summed E-state index contributed by atoms with van der Waals surface area (Å²) in [4.78, 5) is 28.5. The highest BCUT2D eigenvalue weighted by Gasteiger charge is 2.30. The number of ether oxygens (including phenoxy) is 1. The highest BCUT2D eigenvalue weighted by molar-refractivity contribution is 7.98. The zero-order chi connectivity index (χ0) is 24.9. The maximum absolute atomic E-state index is 13.6. The first-order valence-corrected chi connectivity index (χ1v) is 13.1. The molecule has 0 aromatic heterocycles. The zero-order valence-corrected chi connectivity index (χ0v) is 21.3. The molecule has 3 rings (SSSR count). The molecule has 0 radical (unpaired) electrons. The Balaban J connectivity index is 1.79. The van der Waals surface area contributed by atoms with Gasteiger partial charge in [-0.05, 0) is 35.7 Å². The van der Waals surface area contributed by atoms with Crippen molar-refractivity contribution >= 4 is 23.6 Å². The van der Waals surface area contributed by atoms with E-state index in [2.05, 4.69) is 17.4 Å². The Kier molecular flexibility index (Phi) is 10.7. The second-order valence-corrected chi connectivity index (χ2v) is 9.37. The topological polar surface area (TPSA) is 58.6 Å². The minimum atomic E-state index is -0.602. The normalized spacial score (nSPS) is 11.5. The summed E-state index contributed by atoms with van der Waals surface area (Å²) < 4.78 is 5.37. The molecule has 0 saturated heterocycles. The van der Waals surface area contributed by atoms with Gasteiger partial charge >= 0.3 is 0 Å². The first kappa shape index (κ1) is 26.4. The first-order chi connectivity index (χ1) is 17.1. The van der Waals surface area contributed by atoms with Crippen molar-refractivity contribution in [2.45, 2.75) is 38.1 Å². The van der Waals surface area contributed by atoms with E-state index in [1.165, 1.54) is 5.56 Å². The summed E-state index contributed by atoms with van der Waals surface area (Å²) in [6.07, 6.45) is 0.825. The molecular weight excluding hydrogens is 456 g/mol. The molecule has 0 fully saturated rings. The number of hydrogen-bond acceptors (Lipinski definition) is 4. The summed E-state index contributed by atoms with van der Waals surface area (Å²) in [5.41, 5.74) is 3.19. The molecule has 2 amide bonds. The van der Waals surface area contributed by atoms with Gasteiger partial charge < -0.3 is 15.0 Å². The number of carbonyl (C=O) groups is 2. The molecule has 3 aromatic carbocycles. The molecule has 0 heterocycles. The second kappa shape index (κ2) is 14.2. The van der Waals surface area contributed by atoms with Gasteiger partial charge in [0, 0.05) is 37.4 Å². The molecule has 0 saturated carbocycles. The molecular formula is C29H34N2O3S. The van der Waals surface area contributed by atoms with E-state index in [1.54, 1.807) is 23.8 Å². The fourth-order valence-electron chi connectivity index (χ4n) is 3.88. The quantitative estimate of drug-likeness (QED) is 0.339. The lowest BCUT2D eigenvalue weighted by molar-refractivity contribution is -0.140. The Hall–Kier alpha value is -3.25. The van der Waals surface area contributed by atoms with Crippen LogP contribution in [0.4, 0.5) is 0 Å². The molecule has 0 spiro atoms. The largest absolute Gasteiger partial charge is 0.497 e. The summed E-state index contributed by atoms with van der Waals surface area (Å²) >= 11 is 1.73. The van der Waals surface area contributed by atoms with Gasteiger partial charge in [0.2, 0.25) is 11.8 Å². The van der Waals surface area contributed by atoms with Gasteiger partial charge in [-0.25, -0.2) is 0 Å². The average molecular weight is 491 g/mol. The molecule has 0 unspecified atom stereocenters. The SMILES string of the molecule is CCNC(=O)[C@@H](Cc1ccccc1)N(Cc1cccc(OC)c1)C(=O)CCSCc1ccccc1. The van der Waals surface area contributed by atoms with Crippen molar-refractivity contribution in [3.63, 3.8) is 0 Å². The van der Waals surface area contributed by atoms with Crippen LogP contribution in [0.5, 0.6) is 5.75 Å². The lowest BCUT2D eigenvalue weighted by Crippen LogP contribution is -2.50. The molecule has 184 valence electrons. The van der Waals surface area contributed by atoms with Crippen LogP contribution in [0, 0.1) is 0 Å². The smallest absolute Gasteiger partial charge is 0.243 e. The third kappa shape index (κ3) is 8.48. The molecule has 35 heavy (non-hydrogen) atoms. The van der Waals surface area contributed by atoms with Gasteiger partial charge in [-0.2, -0.15) is 11.8 Å². The Bertz CT molecular complexity index is 1060. The number of likely N-dealkylation sites (N-methyl/N-ethyl adjacent to an activating group) is 1. The van der Waals surface area contributed by atoms with Crippen LogP contribution in [-0.4, -0.2) is 42.2 Å². The first-order valence-electron chi connectivity index (χ1n) is 12.0. The number of thioether (sulfide) groups is 1. The van der Waals surface area contributed by atoms with Crippen LogP contribution in [0.2, 0.25) is 0 Å². The molecule has 3 aromatic rings. The predicted molar refractivity (Wildman–Crippen MR) is 143 cm³/mol. The molecule has 0 aliphatic carbocycles. The number of nitrogens with one attached hydrogen (secondary N) is 1. The van der Waals surface area contributed by atoms with Crippen molar-refractivity contribution < 1.29 is 14.3 Å². The number of methoxy groups -OCH3 is 1. The summed E-state index contributed by atoms with van der Waals surface area (Å²) in [7, 11) is 1.62. The monoisotopic (exact) mass is 490 g/mol. The van der Waals surface area contributed by atoms with Crippen LogP contribution in [0.15, 0.2) is 84.9 Å². The maximum Gasteiger partial charge on any atom is 0.243 e. The van der Waals surface area contributed by atoms with Gasteiger partial charge in [0.15, 0.2) is 0 Å². The van der Waals surface area contributed by atoms with E-state index in [4.69, 9.17) is 4.74 Å². The van der Waals surface area contributed by atoms with E-state index in [0.717, 1.165) is 22.6 Å². The van der Waals surface area contributed by atoms with Crippen LogP contribution in [0.25, 0.3) is 0 Å². The standard InChI is InChI=1S/C29H34N2O3S/c1-3-30-29(33)27(20-23-11-6-4-7-12-23)31(21-25-15-10-16-26(19-25)34-2)28(32)17-18-35-22-24-13-8-5-9-14-24/h4-16,19,27H,3,17-18,20-22H2,1-2H3,(H,30,33)/t27-/m1/s1. The summed E-state index contributed by atoms with van der Waals surface area (Å²) in [5, 5.41) is 2.94. The minimum absolute atomic E-state index is 0.0273. The van der Waals surface area contributed by atoms with Crippen LogP contribution in [0.3, 0.4) is 0 Å². The van der Waals surface area contributed by atoms with E-state index in [-0.39, 0.29) is 11.8 Å². The Morgan fingerprint density at radius 1 is 0.914 bits per heavy atom. The van der Waals surface area contributed by atoms with Gasteiger partial charge in [0.05, 0.1) is 7.11 Å². The Morgan fingerprint density at radius 3 is 2.23 bits per heavy atom. The minimum Gasteiger partial charge on any atom is -0.497 e. The van der Waals surface area contributed by atoms with Gasteiger partial charge in [0.1, 0.15) is 11.8 Å². The third-order valence-electron chi connectivity index (χ3n) is 5.68. The molecule has 5 nitrogen and oxygen atoms in total. The van der Waals surface area contributed by atoms with E-state index in [9.17, 15) is 9.59 Å². The van der Waals surface area contributed by atoms with Crippen LogP contribution < -0.4 is 10.1 Å². The fourth-order valence-corrected chi connectivity index (χ4v) is 4.77. The van der Waals surface area contributed by atoms with Gasteiger partial charge in [-0.3, -0.25) is 9.59 Å². The molecule has 6 heteroatoms. The van der Waals surface area contributed by atoms with Crippen molar-refractivity contribution in [1.29, 1.82) is 0 Å². The molecule has 1 N–H and O–H groups in total. The highest BCUT2D eigenvalue weighted by atomic mass is 32.2. The number of benzene rings is 3. The van der Waals surface area contributed by atoms with Crippen molar-refractivity contribution in [3.8, 4) is 5.75 Å². The molecule has 1 atom stereocenters. The van der Waals surface area contributed by atoms with Crippen molar-refractivity contribution in [3.05, 3.63) is 102 Å². The molecule has 0 aliphatic heterocycles. The number of rotatable bonds is 13. The number of amides is 2. The summed E-state index contributed by atoms with van der Waals surface area (Å²) in [6, 6.07) is 27.2. The van der Waals surface area contributed by atoms with Crippen LogP contribution in [0.1, 0.15) is 30.0 Å². The molecule has 0 aliphatic rings. The predicted octanol–water partition coefficient (Wildman–Crippen LogP) is 5.09. The summed E-state index contributed by atoms with van der Waals surface area (Å²) in [6.45, 7) is 2.75. The third-order valence-corrected chi connectivity index (χ3v) is 6.71. The maximum atomic E-state index is 13.6. The number of carbonyl (C=O) groups excluding carboxylic acids is 2. The lowest BCUT2D eigenvalue weighted by Gasteiger charge is -2.31. The van der Waals surface area contributed by atoms with Crippen molar-refractivity contribution in [1.82, 2.24) is 10.2 Å². The lowest BCUT2D eigenvalue weighted by atomic mass is 10.0. The Morgan fingerprint density at radius 2 is 1.57 bits per heavy atom. The van der Waals surface area contributed by atoms with E-state index >= 15 is 0 Å². The zero-order valence-electron chi connectivity index (χ0n) is 20.5. The van der Waals surface area contributed by atoms with Crippen molar-refractivity contribution in [2.75, 3.05) is 19.4 Å². The average Bonchev–Trinajstić information content (AvgIpc) is 2.90. The molecule has 0 bridgehead atoms. The van der Waals surface area contributed by atoms with E-state index < -0.39 is 6.04 Å². The van der Waals surface area contributed by atoms with Gasteiger partial charge in [-0.1, -0.05) is 72.8 Å². The number of hydrogen-bond donors (Lipinski definition) is 1. The van der Waals surface area contributed by atoms with Crippen LogP contribution in [-0.2, 0) is 28.3 Å². The highest BCUT2D eigenvalue weighted by Crippen LogP contribution is 2.20. The van der Waals surface area contributed by atoms with E-state index in [0.29, 0.717) is 31.7 Å². The summed E-state index contributed by atoms with van der Waals surface area (Å²) in [5.74, 6) is 2.11.